The van der Waals surface area contributed by atoms with E-state index < -0.39 is 0 Å². The highest BCUT2D eigenvalue weighted by Gasteiger charge is 2.21. The number of carbonyl (C=O) groups is 1. The molecule has 6 heteroatoms. The Bertz CT molecular complexity index is 600. The van der Waals surface area contributed by atoms with Gasteiger partial charge in [0.05, 0.1) is 31.7 Å². The largest absolute Gasteiger partial charge is 0.370 e. The lowest BCUT2D eigenvalue weighted by atomic mass is 10.1. The minimum atomic E-state index is 0.0249. The number of morpholine rings is 1. The van der Waals surface area contributed by atoms with Crippen LogP contribution in [0.25, 0.3) is 0 Å². The van der Waals surface area contributed by atoms with Gasteiger partial charge < -0.3 is 15.0 Å². The molecule has 2 heterocycles. The lowest BCUT2D eigenvalue weighted by Crippen LogP contribution is -3.14. The van der Waals surface area contributed by atoms with E-state index in [1.807, 2.05) is 0 Å². The Kier molecular flexibility index (Phi) is 5.65. The molecule has 1 aliphatic carbocycles. The van der Waals surface area contributed by atoms with Crippen molar-refractivity contribution < 1.29 is 14.4 Å². The van der Waals surface area contributed by atoms with Gasteiger partial charge in [-0.25, -0.2) is 0 Å². The maximum atomic E-state index is 12.2. The lowest BCUT2D eigenvalue weighted by molar-refractivity contribution is -0.907. The highest BCUT2D eigenvalue weighted by Crippen LogP contribution is 2.36. The van der Waals surface area contributed by atoms with E-state index in [9.17, 15) is 10.1 Å². The maximum absolute atomic E-state index is 12.2. The third-order valence-corrected chi connectivity index (χ3v) is 5.90. The van der Waals surface area contributed by atoms with E-state index in [4.69, 9.17) is 4.74 Å². The molecule has 3 rings (SSSR count). The van der Waals surface area contributed by atoms with Gasteiger partial charge in [-0.05, 0) is 31.2 Å². The quantitative estimate of drug-likeness (QED) is 0.811. The van der Waals surface area contributed by atoms with Crippen molar-refractivity contribution in [1.82, 2.24) is 0 Å². The van der Waals surface area contributed by atoms with Crippen molar-refractivity contribution in [3.8, 4) is 6.07 Å². The summed E-state index contributed by atoms with van der Waals surface area (Å²) in [7, 11) is 0. The summed E-state index contributed by atoms with van der Waals surface area (Å²) in [6, 6.07) is 2.32. The Balaban J connectivity index is 1.60. The van der Waals surface area contributed by atoms with E-state index in [2.05, 4.69) is 11.4 Å². The number of nitriles is 1. The molecular formula is C17H24N3O2S+. The molecule has 2 N–H and O–H groups in total. The second-order valence-electron chi connectivity index (χ2n) is 6.29. The van der Waals surface area contributed by atoms with Crippen LogP contribution < -0.4 is 10.2 Å². The van der Waals surface area contributed by atoms with Crippen molar-refractivity contribution in [3.63, 3.8) is 0 Å². The molecule has 1 fully saturated rings. The van der Waals surface area contributed by atoms with Gasteiger partial charge in [0.25, 0.3) is 0 Å². The molecule has 1 amide bonds. The molecule has 23 heavy (non-hydrogen) atoms. The van der Waals surface area contributed by atoms with E-state index in [-0.39, 0.29) is 5.91 Å². The molecule has 5 nitrogen and oxygen atoms in total. The van der Waals surface area contributed by atoms with Crippen LogP contribution in [0.2, 0.25) is 0 Å². The van der Waals surface area contributed by atoms with E-state index in [1.54, 1.807) is 11.3 Å². The van der Waals surface area contributed by atoms with Crippen molar-refractivity contribution in [2.24, 2.45) is 0 Å². The van der Waals surface area contributed by atoms with Gasteiger partial charge in [0.1, 0.15) is 24.2 Å². The highest BCUT2D eigenvalue weighted by molar-refractivity contribution is 7.16. The number of aryl methyl sites for hydroxylation is 1. The topological polar surface area (TPSA) is 66.6 Å². The standard InChI is InChI=1S/C17H23N3O2S/c18-12-14-13-4-2-1-3-5-15(13)23-17(14)19-16(21)6-7-20-8-10-22-11-9-20/h1-11H2,(H,19,21)/p+1. The van der Waals surface area contributed by atoms with Gasteiger partial charge in [0.15, 0.2) is 0 Å². The fourth-order valence-corrected chi connectivity index (χ4v) is 4.59. The Labute approximate surface area is 141 Å². The Morgan fingerprint density at radius 3 is 2.83 bits per heavy atom. The number of fused-ring (bicyclic) bond motifs is 1. The first-order valence-corrected chi connectivity index (χ1v) is 9.35. The number of nitrogens with zero attached hydrogens (tertiary/aromatic N) is 1. The van der Waals surface area contributed by atoms with Gasteiger partial charge in [-0.3, -0.25) is 4.79 Å². The van der Waals surface area contributed by atoms with Gasteiger partial charge in [-0.2, -0.15) is 5.26 Å². The zero-order chi connectivity index (χ0) is 16.1. The summed E-state index contributed by atoms with van der Waals surface area (Å²) in [6.45, 7) is 4.36. The van der Waals surface area contributed by atoms with E-state index in [1.165, 1.54) is 28.2 Å². The summed E-state index contributed by atoms with van der Waals surface area (Å²) in [4.78, 5) is 15.0. The number of thiophene rings is 1. The smallest absolute Gasteiger partial charge is 0.230 e. The van der Waals surface area contributed by atoms with Crippen molar-refractivity contribution in [2.45, 2.75) is 38.5 Å². The third-order valence-electron chi connectivity index (χ3n) is 4.69. The SMILES string of the molecule is N#Cc1c(NC(=O)CC[NH+]2CCOCC2)sc2c1CCCCC2. The summed E-state index contributed by atoms with van der Waals surface area (Å²) in [5.41, 5.74) is 1.89. The molecule has 0 radical (unpaired) electrons. The van der Waals surface area contributed by atoms with Crippen LogP contribution in [0.4, 0.5) is 5.00 Å². The van der Waals surface area contributed by atoms with E-state index in [0.29, 0.717) is 12.0 Å². The van der Waals surface area contributed by atoms with Crippen LogP contribution in [0.15, 0.2) is 0 Å². The van der Waals surface area contributed by atoms with Gasteiger partial charge in [0, 0.05) is 4.88 Å². The Hall–Kier alpha value is -1.42. The summed E-state index contributed by atoms with van der Waals surface area (Å²) in [5.74, 6) is 0.0249. The normalized spacial score (nSPS) is 18.7. The second kappa shape index (κ2) is 7.91. The molecule has 1 aromatic rings. The number of ether oxygens (including phenoxy) is 1. The number of hydrogen-bond acceptors (Lipinski definition) is 4. The zero-order valence-electron chi connectivity index (χ0n) is 13.5. The molecule has 124 valence electrons. The predicted octanol–water partition coefficient (Wildman–Crippen LogP) is 1.13. The van der Waals surface area contributed by atoms with Crippen LogP contribution in [0.3, 0.4) is 0 Å². The number of anilines is 1. The number of rotatable bonds is 4. The molecular weight excluding hydrogens is 310 g/mol. The predicted molar refractivity (Wildman–Crippen MR) is 89.9 cm³/mol. The fourth-order valence-electron chi connectivity index (χ4n) is 3.34. The summed E-state index contributed by atoms with van der Waals surface area (Å²) >= 11 is 1.61. The van der Waals surface area contributed by atoms with Crippen LogP contribution in [0.5, 0.6) is 0 Å². The maximum Gasteiger partial charge on any atom is 0.230 e. The average molecular weight is 334 g/mol. The molecule has 0 saturated carbocycles. The van der Waals surface area contributed by atoms with Crippen LogP contribution >= 0.6 is 11.3 Å². The zero-order valence-corrected chi connectivity index (χ0v) is 14.3. The Morgan fingerprint density at radius 1 is 1.26 bits per heavy atom. The minimum Gasteiger partial charge on any atom is -0.370 e. The number of quaternary nitrogens is 1. The number of amides is 1. The van der Waals surface area contributed by atoms with E-state index in [0.717, 1.165) is 57.1 Å². The first-order chi connectivity index (χ1) is 11.3. The molecule has 0 spiro atoms. The molecule has 0 atom stereocenters. The number of hydrogen-bond donors (Lipinski definition) is 2. The van der Waals surface area contributed by atoms with Crippen LogP contribution in [0, 0.1) is 11.3 Å². The molecule has 0 bridgehead atoms. The van der Waals surface area contributed by atoms with E-state index >= 15 is 0 Å². The van der Waals surface area contributed by atoms with Gasteiger partial charge >= 0.3 is 0 Å². The highest BCUT2D eigenvalue weighted by atomic mass is 32.1. The third kappa shape index (κ3) is 4.11. The van der Waals surface area contributed by atoms with Crippen molar-refractivity contribution in [3.05, 3.63) is 16.0 Å². The number of carbonyl (C=O) groups excluding carboxylic acids is 1. The monoisotopic (exact) mass is 334 g/mol. The second-order valence-corrected chi connectivity index (χ2v) is 7.40. The van der Waals surface area contributed by atoms with Crippen molar-refractivity contribution in [1.29, 1.82) is 5.26 Å². The molecule has 2 aliphatic rings. The molecule has 1 saturated heterocycles. The first-order valence-electron chi connectivity index (χ1n) is 8.53. The lowest BCUT2D eigenvalue weighted by Gasteiger charge is -2.23. The van der Waals surface area contributed by atoms with Gasteiger partial charge in [0.2, 0.25) is 5.91 Å². The first kappa shape index (κ1) is 16.4. The summed E-state index contributed by atoms with van der Waals surface area (Å²) < 4.78 is 5.33. The van der Waals surface area contributed by atoms with Crippen molar-refractivity contribution >= 4 is 22.2 Å². The fraction of sp³-hybridized carbons (Fsp3) is 0.647. The summed E-state index contributed by atoms with van der Waals surface area (Å²) in [5, 5.41) is 13.2. The Morgan fingerprint density at radius 2 is 2.04 bits per heavy atom. The summed E-state index contributed by atoms with van der Waals surface area (Å²) in [6.07, 6.45) is 6.09. The average Bonchev–Trinajstić information content (AvgIpc) is 2.74. The van der Waals surface area contributed by atoms with Crippen LogP contribution in [-0.2, 0) is 22.4 Å². The van der Waals surface area contributed by atoms with Gasteiger partial charge in [-0.15, -0.1) is 11.3 Å². The molecule has 1 aromatic heterocycles. The number of nitrogens with one attached hydrogen (secondary N) is 2. The van der Waals surface area contributed by atoms with Crippen LogP contribution in [0.1, 0.15) is 41.7 Å². The molecule has 0 unspecified atom stereocenters. The van der Waals surface area contributed by atoms with Crippen molar-refractivity contribution in [2.75, 3.05) is 38.2 Å². The minimum absolute atomic E-state index is 0.0249. The van der Waals surface area contributed by atoms with Crippen LogP contribution in [-0.4, -0.2) is 38.8 Å². The molecule has 1 aliphatic heterocycles. The molecule has 0 aromatic carbocycles. The van der Waals surface area contributed by atoms with Gasteiger partial charge in [-0.1, -0.05) is 6.42 Å².